The van der Waals surface area contributed by atoms with Crippen LogP contribution >= 0.6 is 0 Å². The third kappa shape index (κ3) is 5.17. The van der Waals surface area contributed by atoms with Crippen LogP contribution in [0, 0.1) is 5.92 Å². The summed E-state index contributed by atoms with van der Waals surface area (Å²) in [6, 6.07) is -0.689. The number of nitrogens with one attached hydrogen (secondary N) is 1. The van der Waals surface area contributed by atoms with Gasteiger partial charge in [-0.15, -0.1) is 0 Å². The highest BCUT2D eigenvalue weighted by atomic mass is 32.2. The normalized spacial score (nSPS) is 24.4. The van der Waals surface area contributed by atoms with Crippen molar-refractivity contribution < 1.29 is 17.9 Å². The molecule has 2 rings (SSSR count). The largest absolute Gasteiger partial charge is 0.371 e. The zero-order valence-electron chi connectivity index (χ0n) is 15.2. The number of hydrogen-bond acceptors (Lipinski definition) is 4. The number of sulfonamides is 1. The van der Waals surface area contributed by atoms with E-state index in [0.717, 1.165) is 38.4 Å². The van der Waals surface area contributed by atoms with Gasteiger partial charge in [-0.3, -0.25) is 4.79 Å². The van der Waals surface area contributed by atoms with Crippen LogP contribution in [0.3, 0.4) is 0 Å². The molecule has 2 atom stereocenters. The van der Waals surface area contributed by atoms with Gasteiger partial charge < -0.3 is 9.64 Å². The summed E-state index contributed by atoms with van der Waals surface area (Å²) in [5.41, 5.74) is -0.227. The molecular formula is C17H32N2O4S. The first-order chi connectivity index (χ1) is 11.3. The zero-order valence-corrected chi connectivity index (χ0v) is 16.0. The smallest absolute Gasteiger partial charge is 0.241 e. The van der Waals surface area contributed by atoms with Gasteiger partial charge >= 0.3 is 0 Å². The van der Waals surface area contributed by atoms with E-state index in [0.29, 0.717) is 19.7 Å². The molecule has 0 radical (unpaired) electrons. The Labute approximate surface area is 146 Å². The highest BCUT2D eigenvalue weighted by Crippen LogP contribution is 2.33. The molecule has 2 unspecified atom stereocenters. The lowest BCUT2D eigenvalue weighted by Gasteiger charge is -2.44. The SMILES string of the molecule is CCC(C)C(NS(C)(=O)=O)C(=O)N1CCOC2(CCCCCC2)C1. The van der Waals surface area contributed by atoms with Gasteiger partial charge in [-0.25, -0.2) is 13.1 Å². The molecule has 0 aromatic carbocycles. The maximum Gasteiger partial charge on any atom is 0.241 e. The van der Waals surface area contributed by atoms with Crippen molar-refractivity contribution in [1.29, 1.82) is 0 Å². The number of hydrogen-bond donors (Lipinski definition) is 1. The zero-order chi connectivity index (χ0) is 17.8. The van der Waals surface area contributed by atoms with E-state index >= 15 is 0 Å². The summed E-state index contributed by atoms with van der Waals surface area (Å²) in [4.78, 5) is 14.9. The lowest BCUT2D eigenvalue weighted by molar-refractivity contribution is -0.155. The van der Waals surface area contributed by atoms with Crippen molar-refractivity contribution in [2.24, 2.45) is 5.92 Å². The number of rotatable bonds is 5. The van der Waals surface area contributed by atoms with Crippen LogP contribution < -0.4 is 4.72 Å². The van der Waals surface area contributed by atoms with Gasteiger partial charge in [0, 0.05) is 13.1 Å². The second kappa shape index (κ2) is 8.15. The van der Waals surface area contributed by atoms with Crippen LogP contribution in [0.15, 0.2) is 0 Å². The van der Waals surface area contributed by atoms with E-state index in [1.165, 1.54) is 12.8 Å². The van der Waals surface area contributed by atoms with Crippen molar-refractivity contribution in [3.63, 3.8) is 0 Å². The Morgan fingerprint density at radius 3 is 2.42 bits per heavy atom. The van der Waals surface area contributed by atoms with Crippen LogP contribution in [0.4, 0.5) is 0 Å². The van der Waals surface area contributed by atoms with Crippen molar-refractivity contribution >= 4 is 15.9 Å². The lowest BCUT2D eigenvalue weighted by Crippen LogP contribution is -2.59. The van der Waals surface area contributed by atoms with Crippen LogP contribution in [0.25, 0.3) is 0 Å². The summed E-state index contributed by atoms with van der Waals surface area (Å²) in [5, 5.41) is 0. The first-order valence-corrected chi connectivity index (χ1v) is 11.1. The molecule has 1 spiro atoms. The average molecular weight is 361 g/mol. The molecule has 2 aliphatic rings. The molecule has 0 aromatic rings. The summed E-state index contributed by atoms with van der Waals surface area (Å²) in [5.74, 6) is -0.151. The van der Waals surface area contributed by atoms with Crippen LogP contribution in [-0.2, 0) is 19.6 Å². The number of carbonyl (C=O) groups excluding carboxylic acids is 1. The molecule has 140 valence electrons. The second-order valence-electron chi connectivity index (χ2n) is 7.46. The summed E-state index contributed by atoms with van der Waals surface area (Å²) in [7, 11) is -3.43. The topological polar surface area (TPSA) is 75.7 Å². The Kier molecular flexibility index (Phi) is 6.67. The highest BCUT2D eigenvalue weighted by Gasteiger charge is 2.41. The Morgan fingerprint density at radius 1 is 1.25 bits per heavy atom. The van der Waals surface area contributed by atoms with E-state index in [1.54, 1.807) is 0 Å². The van der Waals surface area contributed by atoms with Gasteiger partial charge in [0.1, 0.15) is 6.04 Å². The van der Waals surface area contributed by atoms with Crippen LogP contribution in [0.5, 0.6) is 0 Å². The molecule has 1 N–H and O–H groups in total. The Morgan fingerprint density at radius 2 is 1.88 bits per heavy atom. The summed E-state index contributed by atoms with van der Waals surface area (Å²) < 4.78 is 32.0. The maximum absolute atomic E-state index is 13.0. The van der Waals surface area contributed by atoms with Crippen molar-refractivity contribution in [1.82, 2.24) is 9.62 Å². The molecule has 1 aliphatic heterocycles. The van der Waals surface area contributed by atoms with Crippen LogP contribution in [-0.4, -0.2) is 56.8 Å². The molecule has 24 heavy (non-hydrogen) atoms. The number of nitrogens with zero attached hydrogens (tertiary/aromatic N) is 1. The molecule has 7 heteroatoms. The van der Waals surface area contributed by atoms with Crippen molar-refractivity contribution in [2.45, 2.75) is 70.4 Å². The summed E-state index contributed by atoms with van der Waals surface area (Å²) >= 11 is 0. The van der Waals surface area contributed by atoms with Crippen LogP contribution in [0.2, 0.25) is 0 Å². The van der Waals surface area contributed by atoms with Gasteiger partial charge in [0.15, 0.2) is 0 Å². The number of carbonyl (C=O) groups is 1. The van der Waals surface area contributed by atoms with Gasteiger partial charge in [-0.05, 0) is 18.8 Å². The number of morpholine rings is 1. The van der Waals surface area contributed by atoms with E-state index in [2.05, 4.69) is 4.72 Å². The first kappa shape index (κ1) is 19.7. The standard InChI is InChI=1S/C17H32N2O4S/c1-4-14(2)15(18-24(3,21)22)16(20)19-11-12-23-17(13-19)9-7-5-6-8-10-17/h14-15,18H,4-13H2,1-3H3. The van der Waals surface area contributed by atoms with E-state index in [4.69, 9.17) is 4.74 Å². The van der Waals surface area contributed by atoms with Gasteiger partial charge in [-0.1, -0.05) is 46.0 Å². The molecule has 1 aliphatic carbocycles. The number of amides is 1. The molecule has 0 aromatic heterocycles. The minimum atomic E-state index is -3.43. The van der Waals surface area contributed by atoms with Crippen LogP contribution in [0.1, 0.15) is 58.8 Å². The molecule has 2 fully saturated rings. The molecular weight excluding hydrogens is 328 g/mol. The molecule has 1 saturated carbocycles. The predicted octanol–water partition coefficient (Wildman–Crippen LogP) is 1.90. The summed E-state index contributed by atoms with van der Waals surface area (Å²) in [6.07, 6.45) is 8.57. The van der Waals surface area contributed by atoms with Crippen molar-refractivity contribution in [3.05, 3.63) is 0 Å². The predicted molar refractivity (Wildman–Crippen MR) is 94.2 cm³/mol. The fourth-order valence-electron chi connectivity index (χ4n) is 3.78. The molecule has 0 bridgehead atoms. The average Bonchev–Trinajstić information content (AvgIpc) is 2.76. The Bertz CT molecular complexity index is 527. The fraction of sp³-hybridized carbons (Fsp3) is 0.941. The van der Waals surface area contributed by atoms with E-state index in [9.17, 15) is 13.2 Å². The molecule has 1 saturated heterocycles. The molecule has 1 heterocycles. The minimum Gasteiger partial charge on any atom is -0.371 e. The van der Waals surface area contributed by atoms with E-state index < -0.39 is 16.1 Å². The van der Waals surface area contributed by atoms with E-state index in [-0.39, 0.29) is 17.4 Å². The van der Waals surface area contributed by atoms with Gasteiger partial charge in [0.2, 0.25) is 15.9 Å². The van der Waals surface area contributed by atoms with Gasteiger partial charge in [0.25, 0.3) is 0 Å². The van der Waals surface area contributed by atoms with Gasteiger partial charge in [-0.2, -0.15) is 0 Å². The monoisotopic (exact) mass is 360 g/mol. The summed E-state index contributed by atoms with van der Waals surface area (Å²) in [6.45, 7) is 5.56. The lowest BCUT2D eigenvalue weighted by atomic mass is 9.91. The quantitative estimate of drug-likeness (QED) is 0.812. The second-order valence-corrected chi connectivity index (χ2v) is 9.24. The molecule has 1 amide bonds. The van der Waals surface area contributed by atoms with Crippen molar-refractivity contribution in [3.8, 4) is 0 Å². The fourth-order valence-corrected chi connectivity index (χ4v) is 4.58. The van der Waals surface area contributed by atoms with Crippen molar-refractivity contribution in [2.75, 3.05) is 26.0 Å². The first-order valence-electron chi connectivity index (χ1n) is 9.16. The Hall–Kier alpha value is -0.660. The van der Waals surface area contributed by atoms with Gasteiger partial charge in [0.05, 0.1) is 18.5 Å². The third-order valence-electron chi connectivity index (χ3n) is 5.40. The number of ether oxygens (including phenoxy) is 1. The van der Waals surface area contributed by atoms with E-state index in [1.807, 2.05) is 18.7 Å². The molecule has 6 nitrogen and oxygen atoms in total. The Balaban J connectivity index is 2.13. The highest BCUT2D eigenvalue weighted by molar-refractivity contribution is 7.88. The minimum absolute atomic E-state index is 0.0415. The maximum atomic E-state index is 13.0. The third-order valence-corrected chi connectivity index (χ3v) is 6.08.